The molecular weight excluding hydrogens is 387 g/mol. The lowest BCUT2D eigenvalue weighted by Crippen LogP contribution is -2.40. The highest BCUT2D eigenvalue weighted by Gasteiger charge is 2.27. The van der Waals surface area contributed by atoms with Crippen LogP contribution < -0.4 is 15.4 Å². The Bertz CT molecular complexity index is 767. The molecule has 1 atom stereocenters. The highest BCUT2D eigenvalue weighted by Crippen LogP contribution is 2.26. The van der Waals surface area contributed by atoms with E-state index >= 15 is 0 Å². The first-order valence-corrected chi connectivity index (χ1v) is 10.9. The van der Waals surface area contributed by atoms with E-state index in [0.717, 1.165) is 25.7 Å². The lowest BCUT2D eigenvalue weighted by Gasteiger charge is -2.30. The van der Waals surface area contributed by atoms with Crippen molar-refractivity contribution in [1.29, 1.82) is 0 Å². The van der Waals surface area contributed by atoms with Gasteiger partial charge in [0.1, 0.15) is 10.7 Å². The summed E-state index contributed by atoms with van der Waals surface area (Å²) in [5.74, 6) is 0.190. The number of rotatable bonds is 9. The fourth-order valence-corrected chi connectivity index (χ4v) is 4.69. The smallest absolute Gasteiger partial charge is 0.244 e. The molecule has 8 nitrogen and oxygen atoms in total. The second-order valence-electron chi connectivity index (χ2n) is 7.17. The quantitative estimate of drug-likeness (QED) is 0.481. The summed E-state index contributed by atoms with van der Waals surface area (Å²) in [4.78, 5) is 15.5. The van der Waals surface area contributed by atoms with Gasteiger partial charge >= 0.3 is 0 Å². The second-order valence-corrected chi connectivity index (χ2v) is 8.85. The van der Waals surface area contributed by atoms with Crippen LogP contribution in [0.1, 0.15) is 44.7 Å². The Morgan fingerprint density at radius 1 is 1.29 bits per heavy atom. The van der Waals surface area contributed by atoms with Gasteiger partial charge in [0.05, 0.1) is 13.3 Å². The molecule has 0 bridgehead atoms. The van der Waals surface area contributed by atoms with Crippen LogP contribution >= 0.6 is 0 Å². The van der Waals surface area contributed by atoms with Crippen molar-refractivity contribution in [2.24, 2.45) is 0 Å². The number of halogens is 1. The van der Waals surface area contributed by atoms with Gasteiger partial charge in [-0.2, -0.15) is 0 Å². The van der Waals surface area contributed by atoms with E-state index in [0.29, 0.717) is 5.69 Å². The van der Waals surface area contributed by atoms with Crippen molar-refractivity contribution in [2.75, 3.05) is 18.6 Å². The first kappa shape index (κ1) is 22.5. The normalized spacial score (nSPS) is 21.1. The maximum Gasteiger partial charge on any atom is 0.244 e. The van der Waals surface area contributed by atoms with Crippen molar-refractivity contribution in [3.8, 4) is 0 Å². The highest BCUT2D eigenvalue weighted by atomic mass is 32.2. The molecule has 2 rings (SSSR count). The van der Waals surface area contributed by atoms with Gasteiger partial charge in [-0.1, -0.05) is 0 Å². The summed E-state index contributed by atoms with van der Waals surface area (Å²) in [7, 11) is -3.98. The van der Waals surface area contributed by atoms with Gasteiger partial charge in [0.15, 0.2) is 0 Å². The number of nitrogens with one attached hydrogen (secondary N) is 3. The molecule has 10 heteroatoms. The van der Waals surface area contributed by atoms with E-state index in [2.05, 4.69) is 20.3 Å². The fraction of sp³-hybridized carbons (Fsp3) is 0.667. The minimum Gasteiger partial charge on any atom is -0.395 e. The Balaban J connectivity index is 2.13. The van der Waals surface area contributed by atoms with Crippen LogP contribution in [0.15, 0.2) is 17.0 Å². The topological polar surface area (TPSA) is 120 Å². The van der Waals surface area contributed by atoms with Gasteiger partial charge in [-0.15, -0.1) is 0 Å². The van der Waals surface area contributed by atoms with E-state index in [1.807, 2.05) is 0 Å². The number of aliphatic hydroxyl groups is 1. The minimum atomic E-state index is -3.98. The van der Waals surface area contributed by atoms with Crippen LogP contribution in [0.5, 0.6) is 0 Å². The molecule has 158 valence electrons. The summed E-state index contributed by atoms with van der Waals surface area (Å²) in [6.07, 6.45) is 3.03. The van der Waals surface area contributed by atoms with E-state index in [4.69, 9.17) is 0 Å². The highest BCUT2D eigenvalue weighted by molar-refractivity contribution is 7.89. The Labute approximate surface area is 165 Å². The maximum atomic E-state index is 12.8. The van der Waals surface area contributed by atoms with Crippen molar-refractivity contribution in [3.63, 3.8) is 0 Å². The number of carbonyl (C=O) groups excluding carboxylic acids is 1. The first-order chi connectivity index (χ1) is 13.2. The van der Waals surface area contributed by atoms with Gasteiger partial charge < -0.3 is 15.7 Å². The molecule has 1 amide bonds. The number of nitrogens with zero attached hydrogens (tertiary/aromatic N) is 1. The molecule has 0 radical (unpaired) electrons. The number of hydrogen-bond acceptors (Lipinski definition) is 6. The SMILES string of the molecule is CC(=O)NC1CCC(Nc2nc(C)ccc2S(=O)(=O)NC(CO)CCF)CC1. The molecular formula is C18H29FN4O4S. The molecule has 1 heterocycles. The van der Waals surface area contributed by atoms with Gasteiger partial charge in [0.2, 0.25) is 15.9 Å². The molecule has 1 saturated carbocycles. The van der Waals surface area contributed by atoms with Gasteiger partial charge in [0.25, 0.3) is 0 Å². The lowest BCUT2D eigenvalue weighted by atomic mass is 9.91. The largest absolute Gasteiger partial charge is 0.395 e. The number of aromatic nitrogens is 1. The molecule has 28 heavy (non-hydrogen) atoms. The molecule has 0 aromatic carbocycles. The van der Waals surface area contributed by atoms with E-state index in [9.17, 15) is 22.7 Å². The van der Waals surface area contributed by atoms with Crippen LogP contribution in [-0.4, -0.2) is 55.8 Å². The molecule has 0 aliphatic heterocycles. The predicted molar refractivity (Wildman–Crippen MR) is 104 cm³/mol. The maximum absolute atomic E-state index is 12.8. The minimum absolute atomic E-state index is 0.0283. The number of anilines is 1. The first-order valence-electron chi connectivity index (χ1n) is 9.45. The van der Waals surface area contributed by atoms with Gasteiger partial charge in [-0.3, -0.25) is 9.18 Å². The molecule has 1 fully saturated rings. The van der Waals surface area contributed by atoms with E-state index in [1.54, 1.807) is 13.0 Å². The summed E-state index contributed by atoms with van der Waals surface area (Å²) < 4.78 is 40.4. The van der Waals surface area contributed by atoms with E-state index < -0.39 is 29.3 Å². The summed E-state index contributed by atoms with van der Waals surface area (Å²) in [6, 6.07) is 2.33. The number of sulfonamides is 1. The van der Waals surface area contributed by atoms with Crippen molar-refractivity contribution in [2.45, 2.75) is 69.0 Å². The van der Waals surface area contributed by atoms with E-state index in [1.165, 1.54) is 13.0 Å². The number of pyridine rings is 1. The molecule has 1 aromatic rings. The number of aryl methyl sites for hydroxylation is 1. The van der Waals surface area contributed by atoms with Crippen LogP contribution in [0, 0.1) is 6.92 Å². The lowest BCUT2D eigenvalue weighted by molar-refractivity contribution is -0.119. The molecule has 0 spiro atoms. The molecule has 1 aliphatic carbocycles. The monoisotopic (exact) mass is 416 g/mol. The molecule has 4 N–H and O–H groups in total. The zero-order valence-corrected chi connectivity index (χ0v) is 17.1. The molecule has 1 unspecified atom stereocenters. The average Bonchev–Trinajstić information content (AvgIpc) is 2.62. The zero-order valence-electron chi connectivity index (χ0n) is 16.2. The Hall–Kier alpha value is -1.78. The van der Waals surface area contributed by atoms with Crippen LogP contribution in [0.2, 0.25) is 0 Å². The Morgan fingerprint density at radius 3 is 2.50 bits per heavy atom. The van der Waals surface area contributed by atoms with Crippen LogP contribution in [0.3, 0.4) is 0 Å². The van der Waals surface area contributed by atoms with Crippen LogP contribution in [0.25, 0.3) is 0 Å². The Morgan fingerprint density at radius 2 is 1.93 bits per heavy atom. The van der Waals surface area contributed by atoms with Crippen LogP contribution in [0.4, 0.5) is 10.2 Å². The van der Waals surface area contributed by atoms with Crippen molar-refractivity contribution in [1.82, 2.24) is 15.0 Å². The predicted octanol–water partition coefficient (Wildman–Crippen LogP) is 1.25. The molecule has 1 aliphatic rings. The van der Waals surface area contributed by atoms with Gasteiger partial charge in [-0.05, 0) is 51.2 Å². The fourth-order valence-electron chi connectivity index (χ4n) is 3.33. The summed E-state index contributed by atoms with van der Waals surface area (Å²) in [5, 5.41) is 15.4. The summed E-state index contributed by atoms with van der Waals surface area (Å²) in [5.41, 5.74) is 0.663. The Kier molecular flexibility index (Phi) is 8.14. The number of hydrogen-bond donors (Lipinski definition) is 4. The summed E-state index contributed by atoms with van der Waals surface area (Å²) in [6.45, 7) is 2.04. The number of alkyl halides is 1. The average molecular weight is 417 g/mol. The van der Waals surface area contributed by atoms with E-state index in [-0.39, 0.29) is 35.1 Å². The molecule has 1 aromatic heterocycles. The third kappa shape index (κ3) is 6.39. The zero-order chi connectivity index (χ0) is 20.7. The standard InChI is InChI=1S/C18H29FN4O4S/c1-12-3-8-17(28(26,27)23-16(11-24)9-10-19)18(20-12)22-15-6-4-14(5-7-15)21-13(2)25/h3,8,14-16,23-24H,4-7,9-11H2,1-2H3,(H,20,22)(H,21,25). The molecule has 0 saturated heterocycles. The van der Waals surface area contributed by atoms with Gasteiger partial charge in [0, 0.05) is 30.7 Å². The third-order valence-corrected chi connectivity index (χ3v) is 6.31. The van der Waals surface area contributed by atoms with Crippen LogP contribution in [-0.2, 0) is 14.8 Å². The number of aliphatic hydroxyl groups excluding tert-OH is 1. The van der Waals surface area contributed by atoms with Crippen molar-refractivity contribution in [3.05, 3.63) is 17.8 Å². The number of carbonyl (C=O) groups is 1. The summed E-state index contributed by atoms with van der Waals surface area (Å²) >= 11 is 0. The third-order valence-electron chi connectivity index (χ3n) is 4.76. The van der Waals surface area contributed by atoms with Crippen molar-refractivity contribution >= 4 is 21.7 Å². The van der Waals surface area contributed by atoms with Crippen molar-refractivity contribution < 1.29 is 22.7 Å². The second kappa shape index (κ2) is 10.1. The number of amides is 1. The van der Waals surface area contributed by atoms with Gasteiger partial charge in [-0.25, -0.2) is 18.1 Å².